The van der Waals surface area contributed by atoms with Gasteiger partial charge in [-0.15, -0.1) is 0 Å². The molecule has 180 valence electrons. The Hall–Kier alpha value is -1.79. The molecule has 0 radical (unpaired) electrons. The lowest BCUT2D eigenvalue weighted by Crippen LogP contribution is -2.58. The van der Waals surface area contributed by atoms with Crippen molar-refractivity contribution in [1.29, 1.82) is 0 Å². The van der Waals surface area contributed by atoms with Gasteiger partial charge in [-0.3, -0.25) is 14.4 Å². The lowest BCUT2D eigenvalue weighted by atomic mass is 9.50. The van der Waals surface area contributed by atoms with E-state index in [0.717, 1.165) is 12.0 Å². The number of esters is 1. The molecule has 6 heteroatoms. The van der Waals surface area contributed by atoms with Crippen LogP contribution in [0.15, 0.2) is 23.8 Å². The van der Waals surface area contributed by atoms with Gasteiger partial charge in [-0.25, -0.2) is 0 Å². The van der Waals surface area contributed by atoms with E-state index < -0.39 is 35.1 Å². The molecule has 1 saturated heterocycles. The fraction of sp³-hybridized carbons (Fsp3) is 0.741. The molecule has 11 atom stereocenters. The Kier molecular flexibility index (Phi) is 5.30. The highest BCUT2D eigenvalue weighted by Crippen LogP contribution is 2.61. The molecule has 0 bridgehead atoms. The molecule has 0 spiro atoms. The van der Waals surface area contributed by atoms with Gasteiger partial charge in [0.1, 0.15) is 23.3 Å². The third-order valence-electron chi connectivity index (χ3n) is 10.2. The summed E-state index contributed by atoms with van der Waals surface area (Å²) in [5, 5.41) is 22.9. The van der Waals surface area contributed by atoms with Crippen LogP contribution < -0.4 is 0 Å². The molecule has 1 aliphatic heterocycles. The minimum absolute atomic E-state index is 0.0245. The van der Waals surface area contributed by atoms with E-state index in [1.165, 1.54) is 0 Å². The van der Waals surface area contributed by atoms with Gasteiger partial charge in [0.2, 0.25) is 0 Å². The standard InChI is InChI=1S/C27H36O6/c1-13-10-22(33-25(31)14(13)2)27(4,32)24-20(29)11-17-16-9-8-15-6-5-7-21(30)26(15,3)18(16)12-19(28)23(17)24/h5-6,8,13-14,16-18,20,22-24,29,32H,7,9-12H2,1-4H3/t13-,14+,16-,17-,18-,20-,22+,23+,24-,26-,27-/m0/s1. The molecule has 0 aromatic heterocycles. The predicted molar refractivity (Wildman–Crippen MR) is 121 cm³/mol. The third kappa shape index (κ3) is 3.16. The molecule has 2 saturated carbocycles. The molecule has 5 rings (SSSR count). The first-order chi connectivity index (χ1) is 15.5. The summed E-state index contributed by atoms with van der Waals surface area (Å²) in [6.07, 6.45) is 6.86. The lowest BCUT2D eigenvalue weighted by Gasteiger charge is -2.52. The van der Waals surface area contributed by atoms with Crippen LogP contribution >= 0.6 is 0 Å². The van der Waals surface area contributed by atoms with Gasteiger partial charge < -0.3 is 14.9 Å². The number of hydrogen-bond acceptors (Lipinski definition) is 6. The Morgan fingerprint density at radius 3 is 2.58 bits per heavy atom. The number of aliphatic hydroxyl groups excluding tert-OH is 1. The Labute approximate surface area is 195 Å². The molecule has 2 N–H and O–H groups in total. The number of ether oxygens (including phenoxy) is 1. The molecule has 33 heavy (non-hydrogen) atoms. The van der Waals surface area contributed by atoms with Crippen molar-refractivity contribution in [2.75, 3.05) is 0 Å². The molecule has 6 nitrogen and oxygen atoms in total. The van der Waals surface area contributed by atoms with Crippen molar-refractivity contribution in [1.82, 2.24) is 0 Å². The smallest absolute Gasteiger partial charge is 0.309 e. The summed E-state index contributed by atoms with van der Waals surface area (Å²) in [6.45, 7) is 7.41. The summed E-state index contributed by atoms with van der Waals surface area (Å²) in [6, 6.07) is 0. The van der Waals surface area contributed by atoms with Crippen LogP contribution in [0.1, 0.15) is 59.8 Å². The quantitative estimate of drug-likeness (QED) is 0.620. The van der Waals surface area contributed by atoms with Crippen molar-refractivity contribution in [3.05, 3.63) is 23.8 Å². The molecular formula is C27H36O6. The van der Waals surface area contributed by atoms with Gasteiger partial charge in [0, 0.05) is 24.7 Å². The first-order valence-electron chi connectivity index (χ1n) is 12.5. The summed E-state index contributed by atoms with van der Waals surface area (Å²) >= 11 is 0. The van der Waals surface area contributed by atoms with Gasteiger partial charge in [-0.05, 0) is 62.4 Å². The van der Waals surface area contributed by atoms with E-state index in [4.69, 9.17) is 4.74 Å². The average molecular weight is 457 g/mol. The van der Waals surface area contributed by atoms with Crippen LogP contribution in [0.4, 0.5) is 0 Å². The Morgan fingerprint density at radius 1 is 1.15 bits per heavy atom. The molecule has 5 aliphatic rings. The number of Topliss-reactive ketones (excluding diaryl/α,β-unsaturated/α-hetero) is 2. The SMILES string of the molecule is C[C@H]1C[C@H]([C@](C)(O)[C@@H]2[C@H]3C(=O)C[C@H]4[C@@H](CC=C5C=CCC(=O)[C@@]54C)[C@@H]3C[C@@H]2O)OC(=O)[C@@H]1C. The number of carbonyl (C=O) groups excluding carboxylic acids is 3. The van der Waals surface area contributed by atoms with Crippen LogP contribution in [0.25, 0.3) is 0 Å². The molecule has 0 aromatic carbocycles. The van der Waals surface area contributed by atoms with E-state index in [1.807, 2.05) is 32.9 Å². The highest BCUT2D eigenvalue weighted by atomic mass is 16.6. The third-order valence-corrected chi connectivity index (χ3v) is 10.2. The number of hydrogen-bond donors (Lipinski definition) is 2. The minimum atomic E-state index is -1.51. The summed E-state index contributed by atoms with van der Waals surface area (Å²) in [5.74, 6) is -1.56. The largest absolute Gasteiger partial charge is 0.459 e. The van der Waals surface area contributed by atoms with Gasteiger partial charge in [0.25, 0.3) is 0 Å². The molecule has 3 fully saturated rings. The Bertz CT molecular complexity index is 946. The van der Waals surface area contributed by atoms with Crippen LogP contribution in [0.2, 0.25) is 0 Å². The lowest BCUT2D eigenvalue weighted by molar-refractivity contribution is -0.199. The van der Waals surface area contributed by atoms with Crippen LogP contribution in [0.5, 0.6) is 0 Å². The maximum Gasteiger partial charge on any atom is 0.309 e. The van der Waals surface area contributed by atoms with Gasteiger partial charge in [-0.1, -0.05) is 32.1 Å². The van der Waals surface area contributed by atoms with Gasteiger partial charge in [-0.2, -0.15) is 0 Å². The second-order valence-electron chi connectivity index (χ2n) is 11.7. The zero-order valence-corrected chi connectivity index (χ0v) is 20.0. The molecule has 4 aliphatic carbocycles. The maximum atomic E-state index is 13.6. The molecule has 0 amide bonds. The highest BCUT2D eigenvalue weighted by Gasteiger charge is 2.64. The molecule has 1 heterocycles. The molecule has 0 aromatic rings. The van der Waals surface area contributed by atoms with Crippen molar-refractivity contribution < 1.29 is 29.3 Å². The maximum absolute atomic E-state index is 13.6. The summed E-state index contributed by atoms with van der Waals surface area (Å²) in [4.78, 5) is 39.1. The van der Waals surface area contributed by atoms with E-state index in [1.54, 1.807) is 6.92 Å². The first kappa shape index (κ1) is 23.0. The summed E-state index contributed by atoms with van der Waals surface area (Å²) in [7, 11) is 0. The number of carbonyl (C=O) groups is 3. The summed E-state index contributed by atoms with van der Waals surface area (Å²) in [5.41, 5.74) is -1.14. The van der Waals surface area contributed by atoms with Crippen molar-refractivity contribution in [3.63, 3.8) is 0 Å². The van der Waals surface area contributed by atoms with Crippen molar-refractivity contribution in [3.8, 4) is 0 Å². The van der Waals surface area contributed by atoms with Crippen LogP contribution in [-0.2, 0) is 19.1 Å². The summed E-state index contributed by atoms with van der Waals surface area (Å²) < 4.78 is 5.64. The monoisotopic (exact) mass is 456 g/mol. The van der Waals surface area contributed by atoms with Gasteiger partial charge in [0.05, 0.1) is 17.4 Å². The first-order valence-corrected chi connectivity index (χ1v) is 12.5. The second-order valence-corrected chi connectivity index (χ2v) is 11.7. The zero-order chi connectivity index (χ0) is 23.9. The number of fused-ring (bicyclic) bond motifs is 5. The van der Waals surface area contributed by atoms with Crippen molar-refractivity contribution >= 4 is 17.5 Å². The van der Waals surface area contributed by atoms with E-state index in [2.05, 4.69) is 6.08 Å². The van der Waals surface area contributed by atoms with Gasteiger partial charge >= 0.3 is 5.97 Å². The van der Waals surface area contributed by atoms with Gasteiger partial charge in [0.15, 0.2) is 0 Å². The zero-order valence-electron chi connectivity index (χ0n) is 20.0. The number of allylic oxidation sites excluding steroid dienone is 4. The molecular weight excluding hydrogens is 420 g/mol. The van der Waals surface area contributed by atoms with Crippen LogP contribution in [0.3, 0.4) is 0 Å². The normalized spacial score (nSPS) is 48.8. The number of cyclic esters (lactones) is 1. The topological polar surface area (TPSA) is 101 Å². The predicted octanol–water partition coefficient (Wildman–Crippen LogP) is 3.01. The minimum Gasteiger partial charge on any atom is -0.459 e. The highest BCUT2D eigenvalue weighted by molar-refractivity contribution is 5.93. The van der Waals surface area contributed by atoms with E-state index in [-0.39, 0.29) is 53.5 Å². The Morgan fingerprint density at radius 2 is 1.88 bits per heavy atom. The fourth-order valence-electron chi connectivity index (χ4n) is 7.93. The van der Waals surface area contributed by atoms with Crippen molar-refractivity contribution in [2.45, 2.75) is 77.6 Å². The molecule has 0 unspecified atom stereocenters. The van der Waals surface area contributed by atoms with Crippen molar-refractivity contribution in [2.24, 2.45) is 46.8 Å². The van der Waals surface area contributed by atoms with E-state index in [9.17, 15) is 24.6 Å². The van der Waals surface area contributed by atoms with E-state index in [0.29, 0.717) is 19.3 Å². The van der Waals surface area contributed by atoms with Crippen LogP contribution in [-0.4, -0.2) is 45.6 Å². The average Bonchev–Trinajstić information content (AvgIpc) is 3.11. The second kappa shape index (κ2) is 7.61. The van der Waals surface area contributed by atoms with Crippen LogP contribution in [0, 0.1) is 46.8 Å². The Balaban J connectivity index is 1.47. The number of aliphatic hydroxyl groups is 2. The number of ketones is 2. The van der Waals surface area contributed by atoms with E-state index >= 15 is 0 Å². The fourth-order valence-corrected chi connectivity index (χ4v) is 7.93. The number of rotatable bonds is 2.